The first-order chi connectivity index (χ1) is 16.4. The van der Waals surface area contributed by atoms with E-state index in [2.05, 4.69) is 28.9 Å². The van der Waals surface area contributed by atoms with E-state index < -0.39 is 17.4 Å². The van der Waals surface area contributed by atoms with Gasteiger partial charge in [0.25, 0.3) is 0 Å². The lowest BCUT2D eigenvalue weighted by Crippen LogP contribution is -2.52. The highest BCUT2D eigenvalue weighted by Gasteiger charge is 2.36. The Bertz CT molecular complexity index is 1090. The van der Waals surface area contributed by atoms with Crippen molar-refractivity contribution in [3.8, 4) is 6.07 Å². The van der Waals surface area contributed by atoms with Gasteiger partial charge in [0, 0.05) is 31.6 Å². The van der Waals surface area contributed by atoms with Gasteiger partial charge in [0.05, 0.1) is 35.5 Å². The Morgan fingerprint density at radius 1 is 1.35 bits per heavy atom. The number of piperidine rings is 1. The zero-order valence-electron chi connectivity index (χ0n) is 19.1. The average molecular weight is 482 g/mol. The molecule has 2 aliphatic heterocycles. The number of halogens is 1. The van der Waals surface area contributed by atoms with Gasteiger partial charge in [-0.05, 0) is 37.6 Å². The van der Waals surface area contributed by atoms with E-state index >= 15 is 4.39 Å². The molecule has 4 rings (SSSR count). The van der Waals surface area contributed by atoms with Crippen molar-refractivity contribution in [1.82, 2.24) is 10.6 Å². The van der Waals surface area contributed by atoms with Crippen LogP contribution >= 0.6 is 12.2 Å². The first-order valence-corrected chi connectivity index (χ1v) is 11.8. The molecule has 1 aliphatic carbocycles. The second-order valence-electron chi connectivity index (χ2n) is 8.68. The summed E-state index contributed by atoms with van der Waals surface area (Å²) in [6.07, 6.45) is 11.1. The molecular formula is C25H28FN5O2S. The number of allylic oxidation sites excluding steroid dienone is 5. The number of nitrogens with zero attached hydrogens (tertiary/aromatic N) is 3. The predicted octanol–water partition coefficient (Wildman–Crippen LogP) is 3.94. The van der Waals surface area contributed by atoms with Crippen molar-refractivity contribution >= 4 is 34.7 Å². The predicted molar refractivity (Wildman–Crippen MR) is 134 cm³/mol. The highest BCUT2D eigenvalue weighted by Crippen LogP contribution is 2.32. The number of hydrogen-bond donors (Lipinski definition) is 2. The lowest BCUT2D eigenvalue weighted by atomic mass is 9.88. The Hall–Kier alpha value is -3.38. The maximum atomic E-state index is 15.1. The molecule has 34 heavy (non-hydrogen) atoms. The van der Waals surface area contributed by atoms with Gasteiger partial charge in [0.1, 0.15) is 17.5 Å². The second kappa shape index (κ2) is 10.3. The number of carbonyl (C=O) groups is 1. The molecule has 1 aromatic rings. The summed E-state index contributed by atoms with van der Waals surface area (Å²) in [5.41, 5.74) is 1.17. The fraction of sp³-hybridized carbons (Fsp3) is 0.400. The molecule has 3 aliphatic rings. The van der Waals surface area contributed by atoms with Crippen molar-refractivity contribution in [2.45, 2.75) is 37.8 Å². The molecule has 2 heterocycles. The van der Waals surface area contributed by atoms with E-state index in [-0.39, 0.29) is 6.10 Å². The molecule has 1 atom stereocenters. The Morgan fingerprint density at radius 2 is 2.15 bits per heavy atom. The number of amides is 1. The maximum absolute atomic E-state index is 15.1. The number of thiocarbonyl (C=S) groups is 1. The lowest BCUT2D eigenvalue weighted by molar-refractivity contribution is 0.143. The third kappa shape index (κ3) is 5.39. The second-order valence-corrected chi connectivity index (χ2v) is 9.29. The van der Waals surface area contributed by atoms with Crippen molar-refractivity contribution < 1.29 is 13.9 Å². The molecule has 0 bridgehead atoms. The summed E-state index contributed by atoms with van der Waals surface area (Å²) < 4.78 is 20.5. The van der Waals surface area contributed by atoms with E-state index in [1.54, 1.807) is 19.1 Å². The van der Waals surface area contributed by atoms with E-state index in [1.807, 2.05) is 23.1 Å². The van der Waals surface area contributed by atoms with E-state index in [9.17, 15) is 10.1 Å². The van der Waals surface area contributed by atoms with Gasteiger partial charge < -0.3 is 20.3 Å². The Morgan fingerprint density at radius 3 is 2.85 bits per heavy atom. The zero-order chi connectivity index (χ0) is 24.1. The van der Waals surface area contributed by atoms with Crippen molar-refractivity contribution in [2.75, 3.05) is 36.0 Å². The number of ether oxygens (including phenoxy) is 1. The summed E-state index contributed by atoms with van der Waals surface area (Å²) >= 11 is 4.99. The Balaban J connectivity index is 1.39. The number of benzene rings is 1. The molecule has 2 saturated heterocycles. The Labute approximate surface area is 204 Å². The fourth-order valence-corrected chi connectivity index (χ4v) is 4.44. The largest absolute Gasteiger partial charge is 0.442 e. The van der Waals surface area contributed by atoms with E-state index in [4.69, 9.17) is 17.0 Å². The van der Waals surface area contributed by atoms with Crippen molar-refractivity contribution in [3.63, 3.8) is 0 Å². The summed E-state index contributed by atoms with van der Waals surface area (Å²) in [4.78, 5) is 16.3. The fourth-order valence-electron chi connectivity index (χ4n) is 4.36. The first kappa shape index (κ1) is 23.8. The number of rotatable bonds is 6. The minimum Gasteiger partial charge on any atom is -0.442 e. The molecule has 0 aromatic heterocycles. The van der Waals surface area contributed by atoms with E-state index in [1.165, 1.54) is 11.0 Å². The highest BCUT2D eigenvalue weighted by atomic mass is 32.1. The SMILES string of the molecule is CC(=S)NCC1CN(c2ccc(N3CCC(C#N)(NC4=CCC=CC=C4)CC3)c(F)c2)C(=O)O1. The molecule has 1 aromatic carbocycles. The maximum Gasteiger partial charge on any atom is 0.414 e. The molecule has 0 spiro atoms. The monoisotopic (exact) mass is 481 g/mol. The van der Waals surface area contributed by atoms with Crippen LogP contribution in [-0.2, 0) is 4.74 Å². The lowest BCUT2D eigenvalue weighted by Gasteiger charge is -2.39. The van der Waals surface area contributed by atoms with Crippen LogP contribution in [0.1, 0.15) is 26.2 Å². The topological polar surface area (TPSA) is 80.6 Å². The number of nitriles is 1. The number of cyclic esters (lactones) is 1. The summed E-state index contributed by atoms with van der Waals surface area (Å²) in [6, 6.07) is 7.25. The summed E-state index contributed by atoms with van der Waals surface area (Å²) in [7, 11) is 0. The minimum atomic E-state index is -0.684. The van der Waals surface area contributed by atoms with Gasteiger partial charge in [0.2, 0.25) is 0 Å². The van der Waals surface area contributed by atoms with Crippen LogP contribution in [0.15, 0.2) is 54.3 Å². The van der Waals surface area contributed by atoms with Crippen LogP contribution in [0.2, 0.25) is 0 Å². The van der Waals surface area contributed by atoms with Crippen LogP contribution < -0.4 is 20.4 Å². The molecule has 2 fully saturated rings. The van der Waals surface area contributed by atoms with Crippen LogP contribution in [0, 0.1) is 17.1 Å². The van der Waals surface area contributed by atoms with Crippen LogP contribution in [0.25, 0.3) is 0 Å². The molecule has 9 heteroatoms. The van der Waals surface area contributed by atoms with Gasteiger partial charge in [0.15, 0.2) is 0 Å². The smallest absolute Gasteiger partial charge is 0.414 e. The molecule has 1 amide bonds. The number of anilines is 2. The van der Waals surface area contributed by atoms with Gasteiger partial charge in [-0.2, -0.15) is 5.26 Å². The molecular weight excluding hydrogens is 453 g/mol. The standard InChI is InChI=1S/C25H28FN5O2S/c1-18(34)28-15-21-16-31(24(32)33-21)20-8-9-23(22(26)14-20)30-12-10-25(17-27,11-13-30)29-19-6-4-2-3-5-7-19/h2-4,6-9,14,21,29H,5,10-13,15-16H2,1H3,(H,28,34). The number of hydrogen-bond acceptors (Lipinski definition) is 6. The Kier molecular flexibility index (Phi) is 7.17. The first-order valence-electron chi connectivity index (χ1n) is 11.4. The van der Waals surface area contributed by atoms with Gasteiger partial charge in [-0.15, -0.1) is 0 Å². The highest BCUT2D eigenvalue weighted by molar-refractivity contribution is 7.80. The third-order valence-corrected chi connectivity index (χ3v) is 6.39. The normalized spacial score (nSPS) is 21.4. The van der Waals surface area contributed by atoms with Crippen LogP contribution in [0.4, 0.5) is 20.6 Å². The molecule has 2 N–H and O–H groups in total. The van der Waals surface area contributed by atoms with Crippen LogP contribution in [-0.4, -0.2) is 48.9 Å². The number of nitrogens with one attached hydrogen (secondary N) is 2. The van der Waals surface area contributed by atoms with Crippen molar-refractivity contribution in [2.24, 2.45) is 0 Å². The van der Waals surface area contributed by atoms with E-state index in [0.717, 1.165) is 12.1 Å². The van der Waals surface area contributed by atoms with Gasteiger partial charge >= 0.3 is 6.09 Å². The summed E-state index contributed by atoms with van der Waals surface area (Å²) in [5, 5.41) is 16.3. The van der Waals surface area contributed by atoms with Crippen LogP contribution in [0.5, 0.6) is 0 Å². The van der Waals surface area contributed by atoms with Crippen molar-refractivity contribution in [3.05, 3.63) is 60.1 Å². The summed E-state index contributed by atoms with van der Waals surface area (Å²) in [6.45, 7) is 3.60. The third-order valence-electron chi connectivity index (χ3n) is 6.25. The quantitative estimate of drug-likeness (QED) is 0.596. The van der Waals surface area contributed by atoms with E-state index in [0.29, 0.717) is 55.4 Å². The molecule has 7 nitrogen and oxygen atoms in total. The van der Waals surface area contributed by atoms with Gasteiger partial charge in [-0.25, -0.2) is 9.18 Å². The molecule has 0 saturated carbocycles. The average Bonchev–Trinajstić information content (AvgIpc) is 3.01. The van der Waals surface area contributed by atoms with Crippen LogP contribution in [0.3, 0.4) is 0 Å². The van der Waals surface area contributed by atoms with Gasteiger partial charge in [-0.3, -0.25) is 4.90 Å². The van der Waals surface area contributed by atoms with Gasteiger partial charge in [-0.1, -0.05) is 36.5 Å². The zero-order valence-corrected chi connectivity index (χ0v) is 19.9. The minimum absolute atomic E-state index is 0.327. The number of carbonyl (C=O) groups excluding carboxylic acids is 1. The summed E-state index contributed by atoms with van der Waals surface area (Å²) in [5.74, 6) is -0.403. The molecule has 1 unspecified atom stereocenters. The molecule has 0 radical (unpaired) electrons. The molecule has 178 valence electrons. The van der Waals surface area contributed by atoms with Crippen molar-refractivity contribution in [1.29, 1.82) is 5.26 Å².